The number of urea groups is 1. The second kappa shape index (κ2) is 9.08. The first kappa shape index (κ1) is 24.3. The van der Waals surface area contributed by atoms with E-state index in [1.54, 1.807) is 12.1 Å². The van der Waals surface area contributed by atoms with Crippen molar-refractivity contribution in [2.24, 2.45) is 0 Å². The molecule has 0 aromatic heterocycles. The van der Waals surface area contributed by atoms with Crippen LogP contribution in [-0.2, 0) is 9.59 Å². The summed E-state index contributed by atoms with van der Waals surface area (Å²) in [6, 6.07) is 9.75. The first-order valence-corrected chi connectivity index (χ1v) is 12.1. The van der Waals surface area contributed by atoms with E-state index in [-0.39, 0.29) is 26.8 Å². The number of halogens is 2. The van der Waals surface area contributed by atoms with E-state index in [2.05, 4.69) is 44.0 Å². The summed E-state index contributed by atoms with van der Waals surface area (Å²) >= 11 is 12.3. The molecule has 6 nitrogen and oxygen atoms in total. The molecule has 178 valence electrons. The van der Waals surface area contributed by atoms with Gasteiger partial charge in [0.05, 0.1) is 15.7 Å². The number of carbonyl (C=O) groups excluding carboxylic acids is 3. The number of amides is 4. The number of fused-ring (bicyclic) bond motifs is 1. The van der Waals surface area contributed by atoms with Crippen LogP contribution in [-0.4, -0.2) is 29.9 Å². The number of hydrogen-bond acceptors (Lipinski definition) is 4. The Labute approximate surface area is 209 Å². The summed E-state index contributed by atoms with van der Waals surface area (Å²) < 4.78 is 0. The molecule has 2 aliphatic rings. The smallest absolute Gasteiger partial charge is 0.336 e. The number of imide groups is 2. The lowest BCUT2D eigenvalue weighted by Gasteiger charge is -2.47. The molecular formula is C26H27Cl2N3O3. The van der Waals surface area contributed by atoms with E-state index < -0.39 is 17.8 Å². The molecule has 0 radical (unpaired) electrons. The first-order valence-electron chi connectivity index (χ1n) is 11.3. The molecule has 0 aliphatic carbocycles. The van der Waals surface area contributed by atoms with Gasteiger partial charge in [0.2, 0.25) is 0 Å². The van der Waals surface area contributed by atoms with Crippen molar-refractivity contribution >= 4 is 58.5 Å². The number of hydrogen-bond donors (Lipinski definition) is 1. The summed E-state index contributed by atoms with van der Waals surface area (Å²) in [5, 5.41) is 2.49. The molecule has 0 bridgehead atoms. The van der Waals surface area contributed by atoms with Crippen molar-refractivity contribution in [3.8, 4) is 0 Å². The Morgan fingerprint density at radius 3 is 2.56 bits per heavy atom. The third kappa shape index (κ3) is 4.21. The summed E-state index contributed by atoms with van der Waals surface area (Å²) in [6.07, 6.45) is 3.55. The van der Waals surface area contributed by atoms with E-state index in [9.17, 15) is 14.4 Å². The molecule has 0 spiro atoms. The minimum absolute atomic E-state index is 0.0404. The van der Waals surface area contributed by atoms with Crippen molar-refractivity contribution in [3.05, 3.63) is 63.1 Å². The van der Waals surface area contributed by atoms with E-state index in [0.29, 0.717) is 11.5 Å². The van der Waals surface area contributed by atoms with Gasteiger partial charge < -0.3 is 4.90 Å². The molecule has 1 atom stereocenters. The predicted molar refractivity (Wildman–Crippen MR) is 137 cm³/mol. The zero-order chi connectivity index (χ0) is 24.8. The highest BCUT2D eigenvalue weighted by atomic mass is 35.5. The summed E-state index contributed by atoms with van der Waals surface area (Å²) in [7, 11) is 0. The van der Waals surface area contributed by atoms with Gasteiger partial charge >= 0.3 is 6.03 Å². The van der Waals surface area contributed by atoms with Gasteiger partial charge in [0.25, 0.3) is 11.8 Å². The van der Waals surface area contributed by atoms with Crippen LogP contribution in [0.2, 0.25) is 10.0 Å². The van der Waals surface area contributed by atoms with Gasteiger partial charge in [0, 0.05) is 17.8 Å². The van der Waals surface area contributed by atoms with Gasteiger partial charge in [-0.3, -0.25) is 14.9 Å². The van der Waals surface area contributed by atoms with Crippen LogP contribution in [0, 0.1) is 0 Å². The second-order valence-corrected chi connectivity index (χ2v) is 10.2. The quantitative estimate of drug-likeness (QED) is 0.403. The molecule has 34 heavy (non-hydrogen) atoms. The first-order chi connectivity index (χ1) is 16.0. The molecule has 4 rings (SSSR count). The van der Waals surface area contributed by atoms with Crippen molar-refractivity contribution in [1.29, 1.82) is 0 Å². The lowest BCUT2D eigenvalue weighted by atomic mass is 9.79. The zero-order valence-electron chi connectivity index (χ0n) is 19.6. The largest absolute Gasteiger partial charge is 0.366 e. The molecule has 2 aromatic carbocycles. The molecule has 2 aromatic rings. The number of rotatable bonds is 4. The van der Waals surface area contributed by atoms with Crippen LogP contribution < -0.4 is 15.1 Å². The molecule has 1 fully saturated rings. The van der Waals surface area contributed by atoms with E-state index in [0.717, 1.165) is 24.3 Å². The Kier molecular flexibility index (Phi) is 6.49. The van der Waals surface area contributed by atoms with E-state index in [1.165, 1.54) is 23.4 Å². The van der Waals surface area contributed by atoms with Gasteiger partial charge in [-0.25, -0.2) is 9.69 Å². The van der Waals surface area contributed by atoms with Gasteiger partial charge in [0.15, 0.2) is 0 Å². The highest BCUT2D eigenvalue weighted by Crippen LogP contribution is 2.44. The maximum Gasteiger partial charge on any atom is 0.336 e. The Morgan fingerprint density at radius 2 is 1.85 bits per heavy atom. The van der Waals surface area contributed by atoms with Gasteiger partial charge in [-0.2, -0.15) is 0 Å². The van der Waals surface area contributed by atoms with E-state index >= 15 is 0 Å². The maximum absolute atomic E-state index is 13.3. The number of anilines is 2. The van der Waals surface area contributed by atoms with Crippen LogP contribution in [0.15, 0.2) is 42.0 Å². The van der Waals surface area contributed by atoms with Crippen LogP contribution in [0.3, 0.4) is 0 Å². The molecular weight excluding hydrogens is 473 g/mol. The fraction of sp³-hybridized carbons (Fsp3) is 0.346. The van der Waals surface area contributed by atoms with Gasteiger partial charge in [-0.1, -0.05) is 49.2 Å². The monoisotopic (exact) mass is 499 g/mol. The number of nitrogens with zero attached hydrogens (tertiary/aromatic N) is 2. The minimum Gasteiger partial charge on any atom is -0.366 e. The van der Waals surface area contributed by atoms with E-state index in [4.69, 9.17) is 23.2 Å². The van der Waals surface area contributed by atoms with Gasteiger partial charge in [-0.15, -0.1) is 0 Å². The topological polar surface area (TPSA) is 69.7 Å². The minimum atomic E-state index is -0.868. The highest BCUT2D eigenvalue weighted by Gasteiger charge is 2.39. The molecule has 1 saturated heterocycles. The molecule has 8 heteroatoms. The Hall–Kier alpha value is -2.83. The van der Waals surface area contributed by atoms with Crippen molar-refractivity contribution in [1.82, 2.24) is 5.32 Å². The summed E-state index contributed by atoms with van der Waals surface area (Å²) in [5.41, 5.74) is 3.08. The molecule has 1 N–H and O–H groups in total. The molecule has 4 amide bonds. The van der Waals surface area contributed by atoms with Crippen LogP contribution in [0.25, 0.3) is 6.08 Å². The van der Waals surface area contributed by atoms with Gasteiger partial charge in [-0.05, 0) is 74.1 Å². The number of nitrogens with one attached hydrogen (secondary N) is 1. The molecule has 0 saturated carbocycles. The average molecular weight is 500 g/mol. The summed E-state index contributed by atoms with van der Waals surface area (Å²) in [6.45, 7) is 9.83. The van der Waals surface area contributed by atoms with Crippen LogP contribution >= 0.6 is 23.2 Å². The Balaban J connectivity index is 1.74. The lowest BCUT2D eigenvalue weighted by molar-refractivity contribution is -0.122. The van der Waals surface area contributed by atoms with Crippen molar-refractivity contribution in [3.63, 3.8) is 0 Å². The third-order valence-corrected chi connectivity index (χ3v) is 7.25. The molecule has 2 aliphatic heterocycles. The number of benzene rings is 2. The summed E-state index contributed by atoms with van der Waals surface area (Å²) in [4.78, 5) is 41.6. The normalized spacial score (nSPS) is 21.1. The van der Waals surface area contributed by atoms with Crippen LogP contribution in [0.5, 0.6) is 0 Å². The fourth-order valence-electron chi connectivity index (χ4n) is 4.95. The van der Waals surface area contributed by atoms with Crippen molar-refractivity contribution < 1.29 is 14.4 Å². The highest BCUT2D eigenvalue weighted by molar-refractivity contribution is 6.46. The molecule has 2 heterocycles. The summed E-state index contributed by atoms with van der Waals surface area (Å²) in [5.74, 6) is -1.18. The van der Waals surface area contributed by atoms with Crippen molar-refractivity contribution in [2.75, 3.05) is 16.3 Å². The van der Waals surface area contributed by atoms with Crippen LogP contribution in [0.4, 0.5) is 16.2 Å². The standard InChI is InChI=1S/C26H27Cl2N3O3/c1-5-11-30-20-10-9-16(12-17(20)15(2)14-26(30,3)4)13-18-23(32)29-25(34)31(24(18)33)21-8-6-7-19(27)22(21)28/h6-10,12-13,15H,5,11,14H2,1-4H3,(H,29,32,34)/b18-13-. The Bertz CT molecular complexity index is 1220. The number of carbonyl (C=O) groups is 3. The van der Waals surface area contributed by atoms with E-state index in [1.807, 2.05) is 12.1 Å². The predicted octanol–water partition coefficient (Wildman–Crippen LogP) is 6.16. The maximum atomic E-state index is 13.3. The Morgan fingerprint density at radius 1 is 1.12 bits per heavy atom. The number of barbiturate groups is 1. The lowest BCUT2D eigenvalue weighted by Crippen LogP contribution is -2.54. The molecule has 1 unspecified atom stereocenters. The SMILES string of the molecule is CCCN1c2ccc(/C=C3/C(=O)NC(=O)N(c4cccc(Cl)c4Cl)C3=O)cc2C(C)CC1(C)C. The second-order valence-electron chi connectivity index (χ2n) is 9.42. The third-order valence-electron chi connectivity index (χ3n) is 6.44. The fourth-order valence-corrected chi connectivity index (χ4v) is 5.33. The average Bonchev–Trinajstić information content (AvgIpc) is 2.76. The van der Waals surface area contributed by atoms with Gasteiger partial charge in [0.1, 0.15) is 5.57 Å². The van der Waals surface area contributed by atoms with Crippen molar-refractivity contribution in [2.45, 2.75) is 52.0 Å². The van der Waals surface area contributed by atoms with Crippen LogP contribution in [0.1, 0.15) is 57.6 Å². The zero-order valence-corrected chi connectivity index (χ0v) is 21.1.